The second-order valence-corrected chi connectivity index (χ2v) is 8.14. The zero-order valence-electron chi connectivity index (χ0n) is 18.5. The number of nitrogens with one attached hydrogen (secondary N) is 1. The number of imidazole rings is 1. The molecular weight excluding hydrogens is 394 g/mol. The molecule has 0 unspecified atom stereocenters. The second-order valence-electron chi connectivity index (χ2n) is 8.14. The molecule has 2 amide bonds. The van der Waals surface area contributed by atoms with Crippen LogP contribution in [0.2, 0.25) is 0 Å². The average molecular weight is 424 g/mol. The third-order valence-corrected chi connectivity index (χ3v) is 5.73. The number of nitrogens with zero attached hydrogens (tertiary/aromatic N) is 4. The molecule has 1 aromatic carbocycles. The van der Waals surface area contributed by atoms with Gasteiger partial charge in [0.15, 0.2) is 5.65 Å². The number of pyridine rings is 1. The first kappa shape index (κ1) is 21.0. The van der Waals surface area contributed by atoms with Gasteiger partial charge < -0.3 is 24.3 Å². The molecule has 0 bridgehead atoms. The monoisotopic (exact) mass is 423 g/mol. The first-order valence-corrected chi connectivity index (χ1v) is 10.6. The van der Waals surface area contributed by atoms with Gasteiger partial charge in [0.2, 0.25) is 0 Å². The zero-order valence-corrected chi connectivity index (χ0v) is 18.5. The zero-order chi connectivity index (χ0) is 22.0. The van der Waals surface area contributed by atoms with Gasteiger partial charge in [-0.3, -0.25) is 0 Å². The highest BCUT2D eigenvalue weighted by atomic mass is 16.5. The summed E-state index contributed by atoms with van der Waals surface area (Å²) in [6.07, 6.45) is 3.58. The Kier molecular flexibility index (Phi) is 5.97. The lowest BCUT2D eigenvalue weighted by Crippen LogP contribution is -2.33. The van der Waals surface area contributed by atoms with Crippen molar-refractivity contribution in [3.8, 4) is 11.5 Å². The summed E-state index contributed by atoms with van der Waals surface area (Å²) in [6.45, 7) is 5.71. The van der Waals surface area contributed by atoms with Crippen LogP contribution in [0.5, 0.6) is 11.5 Å². The molecule has 1 fully saturated rings. The van der Waals surface area contributed by atoms with Crippen LogP contribution in [0.1, 0.15) is 32.1 Å². The Morgan fingerprint density at radius 2 is 2.10 bits per heavy atom. The van der Waals surface area contributed by atoms with E-state index in [1.165, 1.54) is 0 Å². The number of benzene rings is 1. The number of carbonyl (C=O) groups excluding carboxylic acids is 1. The van der Waals surface area contributed by atoms with Crippen LogP contribution in [0, 0.1) is 5.92 Å². The molecule has 2 aromatic heterocycles. The van der Waals surface area contributed by atoms with Crippen LogP contribution in [0.25, 0.3) is 11.2 Å². The standard InChI is InChI=1S/C23H29N5O3/c1-15(2)28-21(25-19-6-5-10-24-22(19)28)12-16-9-11-27(14-16)23(29)26-18-8-7-17(30-3)13-20(18)31-4/h5-8,10,13,15-16H,9,11-12,14H2,1-4H3,(H,26,29)/t16-/m0/s1. The first-order valence-electron chi connectivity index (χ1n) is 10.6. The number of fused-ring (bicyclic) bond motifs is 1. The fourth-order valence-corrected chi connectivity index (χ4v) is 4.20. The predicted octanol–water partition coefficient (Wildman–Crippen LogP) is 4.13. The Bertz CT molecular complexity index is 1080. The third-order valence-electron chi connectivity index (χ3n) is 5.73. The fourth-order valence-electron chi connectivity index (χ4n) is 4.20. The fraction of sp³-hybridized carbons (Fsp3) is 0.435. The van der Waals surface area contributed by atoms with Crippen LogP contribution >= 0.6 is 0 Å². The van der Waals surface area contributed by atoms with E-state index < -0.39 is 0 Å². The van der Waals surface area contributed by atoms with E-state index in [-0.39, 0.29) is 12.1 Å². The smallest absolute Gasteiger partial charge is 0.321 e. The van der Waals surface area contributed by atoms with Gasteiger partial charge in [-0.15, -0.1) is 0 Å². The minimum atomic E-state index is -0.120. The Balaban J connectivity index is 1.44. The number of urea groups is 1. The Morgan fingerprint density at radius 3 is 2.84 bits per heavy atom. The van der Waals surface area contributed by atoms with Crippen molar-refractivity contribution in [1.29, 1.82) is 0 Å². The summed E-state index contributed by atoms with van der Waals surface area (Å²) in [5.74, 6) is 2.64. The molecule has 3 aromatic rings. The van der Waals surface area contributed by atoms with Crippen LogP contribution in [0.15, 0.2) is 36.5 Å². The van der Waals surface area contributed by atoms with Gasteiger partial charge >= 0.3 is 6.03 Å². The van der Waals surface area contributed by atoms with Gasteiger partial charge in [0.25, 0.3) is 0 Å². The van der Waals surface area contributed by atoms with Crippen molar-refractivity contribution >= 4 is 22.9 Å². The number of likely N-dealkylation sites (tertiary alicyclic amines) is 1. The Morgan fingerprint density at radius 1 is 1.26 bits per heavy atom. The number of aromatic nitrogens is 3. The molecule has 1 aliphatic heterocycles. The molecule has 1 saturated heterocycles. The minimum absolute atomic E-state index is 0.120. The summed E-state index contributed by atoms with van der Waals surface area (Å²) in [5.41, 5.74) is 2.47. The maximum absolute atomic E-state index is 12.8. The minimum Gasteiger partial charge on any atom is -0.497 e. The van der Waals surface area contributed by atoms with E-state index in [0.717, 1.165) is 36.4 Å². The van der Waals surface area contributed by atoms with Crippen molar-refractivity contribution in [2.24, 2.45) is 5.92 Å². The predicted molar refractivity (Wildman–Crippen MR) is 120 cm³/mol. The summed E-state index contributed by atoms with van der Waals surface area (Å²) >= 11 is 0. The molecule has 0 radical (unpaired) electrons. The van der Waals surface area contributed by atoms with Crippen LogP contribution in [-0.2, 0) is 6.42 Å². The molecule has 31 heavy (non-hydrogen) atoms. The van der Waals surface area contributed by atoms with Crippen molar-refractivity contribution in [2.45, 2.75) is 32.7 Å². The van der Waals surface area contributed by atoms with Crippen LogP contribution < -0.4 is 14.8 Å². The number of carbonyl (C=O) groups is 1. The summed E-state index contributed by atoms with van der Waals surface area (Å²) < 4.78 is 12.8. The largest absolute Gasteiger partial charge is 0.497 e. The van der Waals surface area contributed by atoms with E-state index in [2.05, 4.69) is 28.7 Å². The lowest BCUT2D eigenvalue weighted by molar-refractivity contribution is 0.220. The van der Waals surface area contributed by atoms with Gasteiger partial charge in [-0.25, -0.2) is 14.8 Å². The van der Waals surface area contributed by atoms with E-state index in [4.69, 9.17) is 14.5 Å². The summed E-state index contributed by atoms with van der Waals surface area (Å²) in [7, 11) is 3.17. The molecule has 8 heteroatoms. The molecule has 0 aliphatic carbocycles. The molecule has 1 N–H and O–H groups in total. The number of ether oxygens (including phenoxy) is 2. The molecule has 4 rings (SSSR count). The van der Waals surface area contributed by atoms with Gasteiger partial charge in [-0.2, -0.15) is 0 Å². The van der Waals surface area contributed by atoms with Crippen LogP contribution in [-0.4, -0.2) is 52.8 Å². The highest BCUT2D eigenvalue weighted by molar-refractivity contribution is 5.91. The highest BCUT2D eigenvalue weighted by Crippen LogP contribution is 2.30. The van der Waals surface area contributed by atoms with E-state index in [1.807, 2.05) is 23.2 Å². The van der Waals surface area contributed by atoms with Gasteiger partial charge in [-0.05, 0) is 50.5 Å². The SMILES string of the molecule is COc1ccc(NC(=O)N2CC[C@@H](Cc3nc4cccnc4n3C(C)C)C2)c(OC)c1. The van der Waals surface area contributed by atoms with Gasteiger partial charge in [-0.1, -0.05) is 0 Å². The van der Waals surface area contributed by atoms with Crippen molar-refractivity contribution in [3.63, 3.8) is 0 Å². The molecule has 3 heterocycles. The highest BCUT2D eigenvalue weighted by Gasteiger charge is 2.29. The lowest BCUT2D eigenvalue weighted by atomic mass is 10.0. The number of hydrogen-bond acceptors (Lipinski definition) is 5. The number of methoxy groups -OCH3 is 2. The van der Waals surface area contributed by atoms with Crippen molar-refractivity contribution in [3.05, 3.63) is 42.4 Å². The first-order chi connectivity index (χ1) is 15.0. The summed E-state index contributed by atoms with van der Waals surface area (Å²) in [6, 6.07) is 9.42. The van der Waals surface area contributed by atoms with Crippen molar-refractivity contribution in [2.75, 3.05) is 32.6 Å². The molecule has 0 saturated carbocycles. The van der Waals surface area contributed by atoms with Gasteiger partial charge in [0.1, 0.15) is 22.8 Å². The quantitative estimate of drug-likeness (QED) is 0.645. The lowest BCUT2D eigenvalue weighted by Gasteiger charge is -2.19. The molecule has 0 spiro atoms. The topological polar surface area (TPSA) is 81.5 Å². The average Bonchev–Trinajstić information content (AvgIpc) is 3.38. The molecule has 8 nitrogen and oxygen atoms in total. The Hall–Kier alpha value is -3.29. The molecule has 1 aliphatic rings. The van der Waals surface area contributed by atoms with Crippen molar-refractivity contribution in [1.82, 2.24) is 19.4 Å². The molecule has 1 atom stereocenters. The van der Waals surface area contributed by atoms with E-state index in [9.17, 15) is 4.79 Å². The second kappa shape index (κ2) is 8.83. The van der Waals surface area contributed by atoms with E-state index in [1.54, 1.807) is 32.4 Å². The normalized spacial score (nSPS) is 16.2. The third kappa shape index (κ3) is 4.28. The number of rotatable bonds is 6. The van der Waals surface area contributed by atoms with E-state index >= 15 is 0 Å². The maximum Gasteiger partial charge on any atom is 0.321 e. The van der Waals surface area contributed by atoms with Gasteiger partial charge in [0, 0.05) is 37.8 Å². The van der Waals surface area contributed by atoms with E-state index in [0.29, 0.717) is 29.6 Å². The van der Waals surface area contributed by atoms with Gasteiger partial charge in [0.05, 0.1) is 19.9 Å². The maximum atomic E-state index is 12.8. The summed E-state index contributed by atoms with van der Waals surface area (Å²) in [5, 5.41) is 2.97. The van der Waals surface area contributed by atoms with Crippen LogP contribution in [0.3, 0.4) is 0 Å². The molecular formula is C23H29N5O3. The summed E-state index contributed by atoms with van der Waals surface area (Å²) in [4.78, 5) is 24.1. The number of amides is 2. The van der Waals surface area contributed by atoms with Crippen LogP contribution in [0.4, 0.5) is 10.5 Å². The van der Waals surface area contributed by atoms with Crippen molar-refractivity contribution < 1.29 is 14.3 Å². The Labute approximate surface area is 182 Å². The number of anilines is 1. The number of hydrogen-bond donors (Lipinski definition) is 1. The molecule has 164 valence electrons.